The lowest BCUT2D eigenvalue weighted by atomic mass is 9.96. The number of fused-ring (bicyclic) bond motifs is 1. The maximum absolute atomic E-state index is 12.2. The summed E-state index contributed by atoms with van der Waals surface area (Å²) in [4.78, 5) is 14.7. The number of nitrogens with zero attached hydrogens (tertiary/aromatic N) is 5. The molecule has 24 heavy (non-hydrogen) atoms. The van der Waals surface area contributed by atoms with Crippen LogP contribution in [0.4, 0.5) is 0 Å². The molecule has 0 unspecified atom stereocenters. The molecule has 6 heteroatoms. The van der Waals surface area contributed by atoms with Crippen molar-refractivity contribution >= 4 is 0 Å². The van der Waals surface area contributed by atoms with Crippen molar-refractivity contribution in [1.82, 2.24) is 24.9 Å². The fraction of sp³-hybridized carbons (Fsp3) is 0.556. The highest BCUT2D eigenvalue weighted by Gasteiger charge is 2.21. The first-order valence-corrected chi connectivity index (χ1v) is 8.86. The molecule has 0 N–H and O–H groups in total. The molecule has 0 spiro atoms. The van der Waals surface area contributed by atoms with Crippen LogP contribution >= 0.6 is 0 Å². The molecular weight excluding hydrogens is 302 g/mol. The predicted molar refractivity (Wildman–Crippen MR) is 90.6 cm³/mol. The van der Waals surface area contributed by atoms with Gasteiger partial charge in [0.25, 0.3) is 5.56 Å². The molecule has 1 aliphatic carbocycles. The normalized spacial score (nSPS) is 18.7. The minimum atomic E-state index is 0.0703. The largest absolute Gasteiger partial charge is 0.299 e. The van der Waals surface area contributed by atoms with Gasteiger partial charge >= 0.3 is 0 Å². The van der Waals surface area contributed by atoms with Gasteiger partial charge < -0.3 is 0 Å². The second-order valence-corrected chi connectivity index (χ2v) is 6.96. The molecule has 1 fully saturated rings. The Labute approximate surface area is 141 Å². The minimum Gasteiger partial charge on any atom is -0.299 e. The zero-order chi connectivity index (χ0) is 16.4. The van der Waals surface area contributed by atoms with Gasteiger partial charge in [-0.15, -0.1) is 0 Å². The van der Waals surface area contributed by atoms with Crippen LogP contribution in [0.1, 0.15) is 36.1 Å². The average Bonchev–Trinajstić information content (AvgIpc) is 3.05. The van der Waals surface area contributed by atoms with E-state index < -0.39 is 0 Å². The Morgan fingerprint density at radius 3 is 2.83 bits per heavy atom. The Morgan fingerprint density at radius 2 is 2.04 bits per heavy atom. The summed E-state index contributed by atoms with van der Waals surface area (Å²) in [5.41, 5.74) is 3.58. The van der Waals surface area contributed by atoms with Crippen LogP contribution < -0.4 is 5.56 Å². The van der Waals surface area contributed by atoms with Crippen LogP contribution in [0.3, 0.4) is 0 Å². The molecule has 0 amide bonds. The third-order valence-electron chi connectivity index (χ3n) is 5.21. The highest BCUT2D eigenvalue weighted by molar-refractivity contribution is 5.22. The van der Waals surface area contributed by atoms with Gasteiger partial charge in [-0.05, 0) is 68.3 Å². The van der Waals surface area contributed by atoms with Gasteiger partial charge in [0, 0.05) is 25.4 Å². The average molecular weight is 325 g/mol. The Hall–Kier alpha value is -2.08. The number of aryl methyl sites for hydroxylation is 2. The summed E-state index contributed by atoms with van der Waals surface area (Å²) in [6.45, 7) is 3.81. The van der Waals surface area contributed by atoms with Gasteiger partial charge in [-0.25, -0.2) is 4.68 Å². The quantitative estimate of drug-likeness (QED) is 0.851. The van der Waals surface area contributed by atoms with Gasteiger partial charge in [0.1, 0.15) is 0 Å². The molecule has 0 saturated carbocycles. The first-order valence-electron chi connectivity index (χ1n) is 8.86. The van der Waals surface area contributed by atoms with Gasteiger partial charge in [-0.2, -0.15) is 15.3 Å². The van der Waals surface area contributed by atoms with Crippen molar-refractivity contribution in [1.29, 1.82) is 0 Å². The summed E-state index contributed by atoms with van der Waals surface area (Å²) in [6, 6.07) is 3.83. The number of aromatic nitrogens is 4. The van der Waals surface area contributed by atoms with Crippen molar-refractivity contribution in [3.8, 4) is 0 Å². The van der Waals surface area contributed by atoms with E-state index in [1.807, 2.05) is 12.3 Å². The van der Waals surface area contributed by atoms with E-state index >= 15 is 0 Å². The van der Waals surface area contributed by atoms with E-state index in [2.05, 4.69) is 20.2 Å². The molecule has 2 aromatic rings. The molecule has 0 bridgehead atoms. The van der Waals surface area contributed by atoms with Crippen LogP contribution in [0, 0.1) is 5.92 Å². The SMILES string of the molecule is O=c1cc2c(nn1CC1CCN(Cc3ccnnc3)CC1)CCC2. The lowest BCUT2D eigenvalue weighted by Gasteiger charge is -2.31. The fourth-order valence-electron chi connectivity index (χ4n) is 3.81. The van der Waals surface area contributed by atoms with E-state index in [1.54, 1.807) is 16.9 Å². The molecule has 6 nitrogen and oxygen atoms in total. The molecular formula is C18H23N5O. The summed E-state index contributed by atoms with van der Waals surface area (Å²) in [6.07, 6.45) is 8.98. The molecule has 0 atom stereocenters. The van der Waals surface area contributed by atoms with Crippen LogP contribution in [0.5, 0.6) is 0 Å². The maximum atomic E-state index is 12.2. The van der Waals surface area contributed by atoms with Crippen molar-refractivity contribution in [2.45, 2.75) is 45.2 Å². The number of rotatable bonds is 4. The fourth-order valence-corrected chi connectivity index (χ4v) is 3.81. The van der Waals surface area contributed by atoms with E-state index in [4.69, 9.17) is 0 Å². The van der Waals surface area contributed by atoms with Crippen LogP contribution in [0.25, 0.3) is 0 Å². The first kappa shape index (κ1) is 15.4. The summed E-state index contributed by atoms with van der Waals surface area (Å²) < 4.78 is 1.71. The predicted octanol–water partition coefficient (Wildman–Crippen LogP) is 1.43. The molecule has 1 saturated heterocycles. The summed E-state index contributed by atoms with van der Waals surface area (Å²) in [5.74, 6) is 0.543. The highest BCUT2D eigenvalue weighted by atomic mass is 16.1. The summed E-state index contributed by atoms with van der Waals surface area (Å²) >= 11 is 0. The maximum Gasteiger partial charge on any atom is 0.267 e. The van der Waals surface area contributed by atoms with Crippen molar-refractivity contribution in [3.63, 3.8) is 0 Å². The Kier molecular flexibility index (Phi) is 4.38. The lowest BCUT2D eigenvalue weighted by molar-refractivity contribution is 0.163. The number of hydrogen-bond donors (Lipinski definition) is 0. The van der Waals surface area contributed by atoms with Gasteiger partial charge in [-0.1, -0.05) is 0 Å². The topological polar surface area (TPSA) is 63.9 Å². The number of hydrogen-bond acceptors (Lipinski definition) is 5. The first-order chi connectivity index (χ1) is 11.8. The zero-order valence-electron chi connectivity index (χ0n) is 13.9. The second-order valence-electron chi connectivity index (χ2n) is 6.96. The van der Waals surface area contributed by atoms with E-state index in [-0.39, 0.29) is 5.56 Å². The third-order valence-corrected chi connectivity index (χ3v) is 5.21. The number of piperidine rings is 1. The van der Waals surface area contributed by atoms with Crippen LogP contribution in [-0.4, -0.2) is 38.0 Å². The highest BCUT2D eigenvalue weighted by Crippen LogP contribution is 2.21. The lowest BCUT2D eigenvalue weighted by Crippen LogP contribution is -2.36. The van der Waals surface area contributed by atoms with E-state index in [9.17, 15) is 4.79 Å². The molecule has 0 radical (unpaired) electrons. The van der Waals surface area contributed by atoms with Gasteiger partial charge in [0.05, 0.1) is 11.9 Å². The van der Waals surface area contributed by atoms with Crippen LogP contribution in [0.2, 0.25) is 0 Å². The van der Waals surface area contributed by atoms with Gasteiger partial charge in [0.2, 0.25) is 0 Å². The molecule has 4 rings (SSSR count). The molecule has 2 aromatic heterocycles. The summed E-state index contributed by atoms with van der Waals surface area (Å²) in [5, 5.41) is 12.4. The second kappa shape index (κ2) is 6.81. The van der Waals surface area contributed by atoms with Gasteiger partial charge in [-0.3, -0.25) is 9.69 Å². The van der Waals surface area contributed by atoms with Crippen LogP contribution in [0.15, 0.2) is 29.3 Å². The Morgan fingerprint density at radius 1 is 1.17 bits per heavy atom. The van der Waals surface area contributed by atoms with Crippen LogP contribution in [-0.2, 0) is 25.9 Å². The monoisotopic (exact) mass is 325 g/mol. The molecule has 126 valence electrons. The van der Waals surface area contributed by atoms with Crippen molar-refractivity contribution in [3.05, 3.63) is 51.7 Å². The van der Waals surface area contributed by atoms with Gasteiger partial charge in [0.15, 0.2) is 0 Å². The van der Waals surface area contributed by atoms with Crippen molar-refractivity contribution < 1.29 is 0 Å². The van der Waals surface area contributed by atoms with Crippen molar-refractivity contribution in [2.24, 2.45) is 5.92 Å². The smallest absolute Gasteiger partial charge is 0.267 e. The van der Waals surface area contributed by atoms with E-state index in [0.717, 1.165) is 69.5 Å². The van der Waals surface area contributed by atoms with E-state index in [0.29, 0.717) is 5.92 Å². The molecule has 3 heterocycles. The minimum absolute atomic E-state index is 0.0703. The number of likely N-dealkylation sites (tertiary alicyclic amines) is 1. The Balaban J connectivity index is 1.34. The van der Waals surface area contributed by atoms with Crippen molar-refractivity contribution in [2.75, 3.05) is 13.1 Å². The zero-order valence-corrected chi connectivity index (χ0v) is 13.9. The standard InChI is InChI=1S/C18H23N5O/c24-18-10-16-2-1-3-17(16)21-23(18)13-14-5-8-22(9-6-14)12-15-4-7-19-20-11-15/h4,7,10-11,14H,1-3,5-6,8-9,12-13H2. The molecule has 0 aromatic carbocycles. The molecule has 2 aliphatic rings. The third kappa shape index (κ3) is 3.38. The van der Waals surface area contributed by atoms with E-state index in [1.165, 1.54) is 5.56 Å². The molecule has 1 aliphatic heterocycles. The Bertz CT molecular complexity index is 750. The summed E-state index contributed by atoms with van der Waals surface area (Å²) in [7, 11) is 0.